The molecule has 1 N–H and O–H groups in total. The normalized spacial score (nSPS) is 10.3. The Bertz CT molecular complexity index is 767. The van der Waals surface area contributed by atoms with E-state index in [4.69, 9.17) is 4.74 Å². The van der Waals surface area contributed by atoms with Gasteiger partial charge in [0, 0.05) is 5.69 Å². The van der Waals surface area contributed by atoms with Gasteiger partial charge in [0.25, 0.3) is 0 Å². The molecule has 7 nitrogen and oxygen atoms in total. The second kappa shape index (κ2) is 6.69. The highest BCUT2D eigenvalue weighted by molar-refractivity contribution is 5.90. The summed E-state index contributed by atoms with van der Waals surface area (Å²) in [6.45, 7) is 2.09. The second-order valence-corrected chi connectivity index (χ2v) is 5.00. The summed E-state index contributed by atoms with van der Waals surface area (Å²) in [4.78, 5) is 11.8. The quantitative estimate of drug-likeness (QED) is 0.782. The van der Waals surface area contributed by atoms with E-state index in [1.807, 2.05) is 31.2 Å². The van der Waals surface area contributed by atoms with E-state index in [2.05, 4.69) is 20.8 Å². The summed E-state index contributed by atoms with van der Waals surface area (Å²) in [5, 5.41) is 13.4. The summed E-state index contributed by atoms with van der Waals surface area (Å²) < 4.78 is 7.09. The Kier molecular flexibility index (Phi) is 4.28. The van der Waals surface area contributed by atoms with Crippen LogP contribution in [0.5, 0.6) is 11.5 Å². The van der Waals surface area contributed by atoms with Crippen molar-refractivity contribution in [3.05, 3.63) is 60.4 Å². The number of amides is 1. The predicted molar refractivity (Wildman–Crippen MR) is 84.1 cm³/mol. The van der Waals surface area contributed by atoms with Gasteiger partial charge >= 0.3 is 0 Å². The topological polar surface area (TPSA) is 81.9 Å². The number of rotatable bonds is 5. The van der Waals surface area contributed by atoms with Crippen LogP contribution in [0.3, 0.4) is 0 Å². The van der Waals surface area contributed by atoms with E-state index >= 15 is 0 Å². The lowest BCUT2D eigenvalue weighted by atomic mass is 10.2. The van der Waals surface area contributed by atoms with Crippen LogP contribution in [0.15, 0.2) is 54.9 Å². The zero-order valence-electron chi connectivity index (χ0n) is 12.5. The van der Waals surface area contributed by atoms with Crippen molar-refractivity contribution in [1.82, 2.24) is 20.2 Å². The van der Waals surface area contributed by atoms with Crippen LogP contribution < -0.4 is 10.1 Å². The first-order valence-corrected chi connectivity index (χ1v) is 7.04. The number of hydrogen-bond acceptors (Lipinski definition) is 5. The standard InChI is InChI=1S/C16H15N5O2/c1-12-2-6-14(7-3-12)23-15-8-4-13(5-9-15)18-16(22)10-21-11-17-19-20-21/h2-9,11H,10H2,1H3,(H,18,22). The fraction of sp³-hybridized carbons (Fsp3) is 0.125. The van der Waals surface area contributed by atoms with Crippen LogP contribution >= 0.6 is 0 Å². The number of anilines is 1. The van der Waals surface area contributed by atoms with Gasteiger partial charge in [-0.1, -0.05) is 17.7 Å². The van der Waals surface area contributed by atoms with Crippen molar-refractivity contribution >= 4 is 11.6 Å². The molecule has 23 heavy (non-hydrogen) atoms. The predicted octanol–water partition coefficient (Wildman–Crippen LogP) is 2.41. The van der Waals surface area contributed by atoms with Crippen LogP contribution in [-0.2, 0) is 11.3 Å². The number of nitrogens with zero attached hydrogens (tertiary/aromatic N) is 4. The molecule has 1 amide bonds. The largest absolute Gasteiger partial charge is 0.457 e. The number of carbonyl (C=O) groups is 1. The smallest absolute Gasteiger partial charge is 0.246 e. The molecule has 3 rings (SSSR count). The Morgan fingerprint density at radius 1 is 1.09 bits per heavy atom. The lowest BCUT2D eigenvalue weighted by Gasteiger charge is -2.08. The van der Waals surface area contributed by atoms with Gasteiger partial charge in [-0.15, -0.1) is 5.10 Å². The fourth-order valence-corrected chi connectivity index (χ4v) is 1.95. The molecule has 0 aliphatic heterocycles. The molecule has 3 aromatic rings. The Balaban J connectivity index is 1.58. The number of tetrazole rings is 1. The van der Waals surface area contributed by atoms with E-state index in [9.17, 15) is 4.79 Å². The maximum atomic E-state index is 11.8. The molecule has 1 heterocycles. The van der Waals surface area contributed by atoms with Crippen molar-refractivity contribution in [2.45, 2.75) is 13.5 Å². The fourth-order valence-electron chi connectivity index (χ4n) is 1.95. The molecule has 1 aromatic heterocycles. The van der Waals surface area contributed by atoms with Gasteiger partial charge in [0.05, 0.1) is 0 Å². The minimum atomic E-state index is -0.204. The zero-order valence-corrected chi connectivity index (χ0v) is 12.5. The zero-order chi connectivity index (χ0) is 16.1. The highest BCUT2D eigenvalue weighted by atomic mass is 16.5. The Labute approximate surface area is 132 Å². The number of nitrogens with one attached hydrogen (secondary N) is 1. The van der Waals surface area contributed by atoms with Crippen LogP contribution in [0.25, 0.3) is 0 Å². The number of aromatic nitrogens is 4. The molecule has 0 saturated carbocycles. The van der Waals surface area contributed by atoms with Crippen molar-refractivity contribution in [2.24, 2.45) is 0 Å². The maximum absolute atomic E-state index is 11.8. The first-order chi connectivity index (χ1) is 11.2. The van der Waals surface area contributed by atoms with Crippen LogP contribution in [0.2, 0.25) is 0 Å². The average molecular weight is 309 g/mol. The first-order valence-electron chi connectivity index (χ1n) is 7.04. The lowest BCUT2D eigenvalue weighted by Crippen LogP contribution is -2.19. The minimum absolute atomic E-state index is 0.0641. The van der Waals surface area contributed by atoms with Gasteiger partial charge in [-0.05, 0) is 53.7 Å². The third-order valence-corrected chi connectivity index (χ3v) is 3.09. The number of hydrogen-bond donors (Lipinski definition) is 1. The molecule has 0 aliphatic rings. The van der Waals surface area contributed by atoms with Gasteiger partial charge in [0.2, 0.25) is 5.91 Å². The van der Waals surface area contributed by atoms with Crippen molar-refractivity contribution in [3.8, 4) is 11.5 Å². The Morgan fingerprint density at radius 2 is 1.74 bits per heavy atom. The molecule has 0 aliphatic carbocycles. The van der Waals surface area contributed by atoms with E-state index in [1.54, 1.807) is 24.3 Å². The Morgan fingerprint density at radius 3 is 2.35 bits per heavy atom. The molecule has 0 unspecified atom stereocenters. The third kappa shape index (κ3) is 4.13. The van der Waals surface area contributed by atoms with Crippen LogP contribution in [0, 0.1) is 6.92 Å². The van der Waals surface area contributed by atoms with Crippen LogP contribution in [0.4, 0.5) is 5.69 Å². The molecule has 116 valence electrons. The molecular formula is C16H15N5O2. The van der Waals surface area contributed by atoms with E-state index in [0.717, 1.165) is 5.75 Å². The summed E-state index contributed by atoms with van der Waals surface area (Å²) in [5.74, 6) is 1.27. The molecule has 0 saturated heterocycles. The van der Waals surface area contributed by atoms with Crippen molar-refractivity contribution < 1.29 is 9.53 Å². The number of benzene rings is 2. The van der Waals surface area contributed by atoms with E-state index in [1.165, 1.54) is 16.6 Å². The minimum Gasteiger partial charge on any atom is -0.457 e. The summed E-state index contributed by atoms with van der Waals surface area (Å²) in [5.41, 5.74) is 1.86. The monoisotopic (exact) mass is 309 g/mol. The van der Waals surface area contributed by atoms with Crippen LogP contribution in [0.1, 0.15) is 5.56 Å². The SMILES string of the molecule is Cc1ccc(Oc2ccc(NC(=O)Cn3cnnn3)cc2)cc1. The van der Waals surface area contributed by atoms with E-state index in [-0.39, 0.29) is 12.5 Å². The van der Waals surface area contributed by atoms with Gasteiger partial charge in [0.1, 0.15) is 24.4 Å². The van der Waals surface area contributed by atoms with Gasteiger partial charge < -0.3 is 10.1 Å². The number of ether oxygens (including phenoxy) is 1. The molecule has 7 heteroatoms. The maximum Gasteiger partial charge on any atom is 0.246 e. The number of aryl methyl sites for hydroxylation is 1. The average Bonchev–Trinajstić information content (AvgIpc) is 3.04. The van der Waals surface area contributed by atoms with Gasteiger partial charge in [-0.25, -0.2) is 4.68 Å². The summed E-state index contributed by atoms with van der Waals surface area (Å²) in [6.07, 6.45) is 1.39. The molecule has 0 radical (unpaired) electrons. The van der Waals surface area contributed by atoms with Crippen molar-refractivity contribution in [2.75, 3.05) is 5.32 Å². The van der Waals surface area contributed by atoms with Gasteiger partial charge in [-0.3, -0.25) is 4.79 Å². The summed E-state index contributed by atoms with van der Waals surface area (Å²) in [6, 6.07) is 15.0. The molecule has 0 spiro atoms. The van der Waals surface area contributed by atoms with Crippen LogP contribution in [-0.4, -0.2) is 26.1 Å². The third-order valence-electron chi connectivity index (χ3n) is 3.09. The van der Waals surface area contributed by atoms with E-state index < -0.39 is 0 Å². The van der Waals surface area contributed by atoms with E-state index in [0.29, 0.717) is 11.4 Å². The molecule has 0 fully saturated rings. The first kappa shape index (κ1) is 14.7. The molecule has 0 atom stereocenters. The highest BCUT2D eigenvalue weighted by Crippen LogP contribution is 2.23. The van der Waals surface area contributed by atoms with Crippen molar-refractivity contribution in [3.63, 3.8) is 0 Å². The molecular weight excluding hydrogens is 294 g/mol. The summed E-state index contributed by atoms with van der Waals surface area (Å²) >= 11 is 0. The number of carbonyl (C=O) groups excluding carboxylic acids is 1. The molecule has 2 aromatic carbocycles. The lowest BCUT2D eigenvalue weighted by molar-refractivity contribution is -0.116. The second-order valence-electron chi connectivity index (χ2n) is 5.00. The van der Waals surface area contributed by atoms with Crippen molar-refractivity contribution in [1.29, 1.82) is 0 Å². The molecule has 0 bridgehead atoms. The van der Waals surface area contributed by atoms with Gasteiger partial charge in [-0.2, -0.15) is 0 Å². The van der Waals surface area contributed by atoms with Gasteiger partial charge in [0.15, 0.2) is 0 Å². The summed E-state index contributed by atoms with van der Waals surface area (Å²) in [7, 11) is 0. The Hall–Kier alpha value is -3.22. The highest BCUT2D eigenvalue weighted by Gasteiger charge is 2.05.